The van der Waals surface area contributed by atoms with E-state index in [4.69, 9.17) is 5.11 Å². The molecule has 1 aliphatic rings. The molecule has 1 aromatic rings. The van der Waals surface area contributed by atoms with Crippen LogP contribution < -0.4 is 5.32 Å². The van der Waals surface area contributed by atoms with Crippen LogP contribution in [0.4, 0.5) is 0 Å². The first-order valence-electron chi connectivity index (χ1n) is 8.01. The van der Waals surface area contributed by atoms with Crippen molar-refractivity contribution in [2.75, 3.05) is 19.6 Å². The van der Waals surface area contributed by atoms with E-state index in [1.807, 2.05) is 36.4 Å². The fourth-order valence-corrected chi connectivity index (χ4v) is 2.68. The first-order chi connectivity index (χ1) is 11.6. The lowest BCUT2D eigenvalue weighted by molar-refractivity contribution is -0.145. The Morgan fingerprint density at radius 1 is 1.29 bits per heavy atom. The number of benzene rings is 1. The summed E-state index contributed by atoms with van der Waals surface area (Å²) in [7, 11) is 0. The lowest BCUT2D eigenvalue weighted by Crippen LogP contribution is -2.41. The van der Waals surface area contributed by atoms with Gasteiger partial charge in [0.05, 0.1) is 5.92 Å². The largest absolute Gasteiger partial charge is 0.481 e. The maximum absolute atomic E-state index is 12.3. The zero-order chi connectivity index (χ0) is 17.4. The second-order valence-corrected chi connectivity index (χ2v) is 5.76. The monoisotopic (exact) mass is 327 g/mol. The summed E-state index contributed by atoms with van der Waals surface area (Å²) in [6, 6.07) is 11.9. The molecule has 126 valence electrons. The van der Waals surface area contributed by atoms with Crippen LogP contribution in [-0.4, -0.2) is 41.5 Å². The third-order valence-corrected chi connectivity index (χ3v) is 4.13. The van der Waals surface area contributed by atoms with Crippen molar-refractivity contribution in [1.29, 1.82) is 5.26 Å². The smallest absolute Gasteiger partial charge is 0.306 e. The van der Waals surface area contributed by atoms with Crippen molar-refractivity contribution in [3.05, 3.63) is 47.7 Å². The molecule has 1 heterocycles. The van der Waals surface area contributed by atoms with Gasteiger partial charge in [0.25, 0.3) is 5.91 Å². The molecule has 0 saturated carbocycles. The van der Waals surface area contributed by atoms with Crippen molar-refractivity contribution in [2.45, 2.75) is 19.3 Å². The van der Waals surface area contributed by atoms with Crippen LogP contribution in [0.15, 0.2) is 42.1 Å². The Labute approximate surface area is 141 Å². The molecule has 2 N–H and O–H groups in total. The van der Waals surface area contributed by atoms with Gasteiger partial charge in [-0.05, 0) is 24.8 Å². The zero-order valence-corrected chi connectivity index (χ0v) is 13.4. The van der Waals surface area contributed by atoms with Gasteiger partial charge in [-0.1, -0.05) is 30.3 Å². The Kier molecular flexibility index (Phi) is 6.38. The summed E-state index contributed by atoms with van der Waals surface area (Å²) in [6.07, 6.45) is 3.12. The molecule has 0 radical (unpaired) electrons. The van der Waals surface area contributed by atoms with Crippen molar-refractivity contribution in [3.63, 3.8) is 0 Å². The van der Waals surface area contributed by atoms with Gasteiger partial charge in [0.15, 0.2) is 0 Å². The first kappa shape index (κ1) is 17.5. The maximum atomic E-state index is 12.3. The predicted octanol–water partition coefficient (Wildman–Crippen LogP) is 1.55. The van der Waals surface area contributed by atoms with Crippen molar-refractivity contribution in [1.82, 2.24) is 10.2 Å². The summed E-state index contributed by atoms with van der Waals surface area (Å²) < 4.78 is 0. The van der Waals surface area contributed by atoms with Gasteiger partial charge < -0.3 is 15.3 Å². The van der Waals surface area contributed by atoms with Gasteiger partial charge in [-0.2, -0.15) is 5.26 Å². The number of nitrogens with one attached hydrogen (secondary N) is 1. The second-order valence-electron chi connectivity index (χ2n) is 5.76. The molecule has 0 bridgehead atoms. The highest BCUT2D eigenvalue weighted by molar-refractivity contribution is 5.97. The Morgan fingerprint density at radius 3 is 2.54 bits per heavy atom. The molecule has 0 atom stereocenters. The summed E-state index contributed by atoms with van der Waals surface area (Å²) in [4.78, 5) is 24.8. The number of piperidine rings is 1. The second kappa shape index (κ2) is 8.73. The van der Waals surface area contributed by atoms with E-state index in [9.17, 15) is 14.9 Å². The van der Waals surface area contributed by atoms with Gasteiger partial charge in [-0.3, -0.25) is 9.59 Å². The molecule has 1 saturated heterocycles. The molecule has 24 heavy (non-hydrogen) atoms. The van der Waals surface area contributed by atoms with Crippen molar-refractivity contribution >= 4 is 11.9 Å². The number of carbonyl (C=O) groups is 2. The Bertz CT molecular complexity index is 641. The number of carboxylic acids is 1. The SMILES string of the molecule is N#C/C(=C/NCCc1ccccc1)C(=O)N1CCC(C(=O)O)CC1. The van der Waals surface area contributed by atoms with Crippen LogP contribution in [0.2, 0.25) is 0 Å². The summed E-state index contributed by atoms with van der Waals surface area (Å²) in [5.74, 6) is -1.55. The quantitative estimate of drug-likeness (QED) is 0.470. The molecule has 1 aromatic carbocycles. The standard InChI is InChI=1S/C18H21N3O3/c19-12-16(13-20-9-6-14-4-2-1-3-5-14)17(22)21-10-7-15(8-11-21)18(23)24/h1-5,13,15,20H,6-11H2,(H,23,24)/b16-13-. The molecule has 0 spiro atoms. The van der Waals surface area contributed by atoms with E-state index in [1.54, 1.807) is 4.90 Å². The molecule has 2 rings (SSSR count). The summed E-state index contributed by atoms with van der Waals surface area (Å²) >= 11 is 0. The van der Waals surface area contributed by atoms with Crippen LogP contribution in [0.5, 0.6) is 0 Å². The summed E-state index contributed by atoms with van der Waals surface area (Å²) in [5, 5.41) is 21.2. The van der Waals surface area contributed by atoms with Gasteiger partial charge in [0.1, 0.15) is 11.6 Å². The van der Waals surface area contributed by atoms with Gasteiger partial charge in [-0.25, -0.2) is 0 Å². The first-order valence-corrected chi connectivity index (χ1v) is 8.01. The minimum atomic E-state index is -0.819. The van der Waals surface area contributed by atoms with Crippen LogP contribution in [0, 0.1) is 17.2 Å². The molecule has 0 aliphatic carbocycles. The minimum Gasteiger partial charge on any atom is -0.481 e. The number of nitriles is 1. The van der Waals surface area contributed by atoms with Crippen LogP contribution >= 0.6 is 0 Å². The van der Waals surface area contributed by atoms with E-state index in [-0.39, 0.29) is 11.5 Å². The highest BCUT2D eigenvalue weighted by Gasteiger charge is 2.28. The van der Waals surface area contributed by atoms with Crippen LogP contribution in [0.3, 0.4) is 0 Å². The van der Waals surface area contributed by atoms with E-state index in [2.05, 4.69) is 5.32 Å². The highest BCUT2D eigenvalue weighted by Crippen LogP contribution is 2.18. The van der Waals surface area contributed by atoms with E-state index in [1.165, 1.54) is 11.8 Å². The van der Waals surface area contributed by atoms with E-state index in [0.717, 1.165) is 6.42 Å². The summed E-state index contributed by atoms with van der Waals surface area (Å²) in [6.45, 7) is 1.38. The fourth-order valence-electron chi connectivity index (χ4n) is 2.68. The number of carboxylic acid groups (broad SMARTS) is 1. The lowest BCUT2D eigenvalue weighted by Gasteiger charge is -2.29. The van der Waals surface area contributed by atoms with E-state index < -0.39 is 11.9 Å². The number of rotatable bonds is 6. The van der Waals surface area contributed by atoms with Gasteiger partial charge in [0, 0.05) is 25.8 Å². The maximum Gasteiger partial charge on any atom is 0.306 e. The fraction of sp³-hybridized carbons (Fsp3) is 0.389. The Balaban J connectivity index is 1.83. The molecule has 0 unspecified atom stereocenters. The van der Waals surface area contributed by atoms with Gasteiger partial charge in [-0.15, -0.1) is 0 Å². The molecule has 1 aliphatic heterocycles. The van der Waals surface area contributed by atoms with Crippen molar-refractivity contribution < 1.29 is 14.7 Å². The Hall–Kier alpha value is -2.81. The predicted molar refractivity (Wildman–Crippen MR) is 88.8 cm³/mol. The van der Waals surface area contributed by atoms with Crippen LogP contribution in [0.25, 0.3) is 0 Å². The van der Waals surface area contributed by atoms with Gasteiger partial charge >= 0.3 is 5.97 Å². The Morgan fingerprint density at radius 2 is 1.96 bits per heavy atom. The molecule has 0 aromatic heterocycles. The number of amides is 1. The molecule has 6 heteroatoms. The van der Waals surface area contributed by atoms with Gasteiger partial charge in [0.2, 0.25) is 0 Å². The molecule has 1 amide bonds. The van der Waals surface area contributed by atoms with Crippen molar-refractivity contribution in [3.8, 4) is 6.07 Å². The minimum absolute atomic E-state index is 0.0526. The number of aliphatic carboxylic acids is 1. The lowest BCUT2D eigenvalue weighted by atomic mass is 9.97. The highest BCUT2D eigenvalue weighted by atomic mass is 16.4. The topological polar surface area (TPSA) is 93.4 Å². The number of carbonyl (C=O) groups excluding carboxylic acids is 1. The number of hydrogen-bond acceptors (Lipinski definition) is 4. The third-order valence-electron chi connectivity index (χ3n) is 4.13. The van der Waals surface area contributed by atoms with E-state index in [0.29, 0.717) is 32.5 Å². The average molecular weight is 327 g/mol. The summed E-state index contributed by atoms with van der Waals surface area (Å²) in [5.41, 5.74) is 1.23. The number of hydrogen-bond donors (Lipinski definition) is 2. The van der Waals surface area contributed by atoms with Crippen LogP contribution in [0.1, 0.15) is 18.4 Å². The average Bonchev–Trinajstić information content (AvgIpc) is 2.62. The molecule has 6 nitrogen and oxygen atoms in total. The number of likely N-dealkylation sites (tertiary alicyclic amines) is 1. The zero-order valence-electron chi connectivity index (χ0n) is 13.4. The third kappa shape index (κ3) is 4.85. The molecular formula is C18H21N3O3. The van der Waals surface area contributed by atoms with Crippen molar-refractivity contribution in [2.24, 2.45) is 5.92 Å². The van der Waals surface area contributed by atoms with E-state index >= 15 is 0 Å². The number of nitrogens with zero attached hydrogens (tertiary/aromatic N) is 2. The molecular weight excluding hydrogens is 306 g/mol. The van der Waals surface area contributed by atoms with Crippen LogP contribution in [-0.2, 0) is 16.0 Å². The normalized spacial score (nSPS) is 15.6. The molecule has 1 fully saturated rings.